The van der Waals surface area contributed by atoms with Gasteiger partial charge in [-0.05, 0) is 23.8 Å². The summed E-state index contributed by atoms with van der Waals surface area (Å²) in [5.41, 5.74) is 1.15. The summed E-state index contributed by atoms with van der Waals surface area (Å²) >= 11 is 5.66. The normalized spacial score (nSPS) is 11.1. The summed E-state index contributed by atoms with van der Waals surface area (Å²) in [6.07, 6.45) is 4.03. The molecule has 0 saturated carbocycles. The number of anilines is 1. The number of amides is 1. The van der Waals surface area contributed by atoms with Crippen LogP contribution in [0.4, 0.5) is 5.69 Å². The molecule has 0 radical (unpaired) electrons. The number of nitrogens with zero attached hydrogens (tertiary/aromatic N) is 2. The van der Waals surface area contributed by atoms with Gasteiger partial charge >= 0.3 is 0 Å². The van der Waals surface area contributed by atoms with Crippen LogP contribution in [0, 0.1) is 0 Å². The van der Waals surface area contributed by atoms with Crippen LogP contribution in [0.5, 0.6) is 0 Å². The predicted octanol–water partition coefficient (Wildman–Crippen LogP) is 1.71. The van der Waals surface area contributed by atoms with E-state index in [1.807, 2.05) is 0 Å². The first-order valence-electron chi connectivity index (χ1n) is 5.91. The Balaban J connectivity index is 2.01. The molecule has 21 heavy (non-hydrogen) atoms. The monoisotopic (exact) mass is 325 g/mol. The minimum Gasteiger partial charge on any atom is -0.324 e. The molecule has 0 fully saturated rings. The number of sulfone groups is 1. The van der Waals surface area contributed by atoms with E-state index in [0.717, 1.165) is 11.8 Å². The maximum absolute atomic E-state index is 11.8. The van der Waals surface area contributed by atoms with Gasteiger partial charge in [-0.3, -0.25) is 4.79 Å². The lowest BCUT2D eigenvalue weighted by molar-refractivity contribution is -0.115. The molecule has 110 valence electrons. The number of nitrogens with one attached hydrogen (secondary N) is 1. The minimum absolute atomic E-state index is 0.0394. The molecule has 0 spiro atoms. The summed E-state index contributed by atoms with van der Waals surface area (Å²) in [5, 5.41) is 2.95. The quantitative estimate of drug-likeness (QED) is 0.864. The van der Waals surface area contributed by atoms with E-state index in [9.17, 15) is 13.2 Å². The van der Waals surface area contributed by atoms with Crippen LogP contribution in [0.25, 0.3) is 0 Å². The molecular weight excluding hydrogens is 314 g/mol. The molecule has 0 aliphatic rings. The lowest BCUT2D eigenvalue weighted by atomic mass is 10.2. The summed E-state index contributed by atoms with van der Waals surface area (Å²) in [4.78, 5) is 19.5. The average Bonchev–Trinajstić information content (AvgIpc) is 2.41. The first-order valence-corrected chi connectivity index (χ1v) is 8.18. The molecule has 0 atom stereocenters. The van der Waals surface area contributed by atoms with Crippen LogP contribution in [-0.2, 0) is 21.1 Å². The number of aromatic nitrogens is 2. The second-order valence-electron chi connectivity index (χ2n) is 4.37. The van der Waals surface area contributed by atoms with Crippen molar-refractivity contribution in [3.05, 3.63) is 47.4 Å². The van der Waals surface area contributed by atoms with E-state index < -0.39 is 9.84 Å². The van der Waals surface area contributed by atoms with E-state index >= 15 is 0 Å². The zero-order chi connectivity index (χ0) is 15.5. The van der Waals surface area contributed by atoms with Crippen LogP contribution in [0.1, 0.15) is 5.56 Å². The molecule has 1 N–H and O–H groups in total. The first kappa shape index (κ1) is 15.4. The smallest absolute Gasteiger partial charge is 0.228 e. The fraction of sp³-hybridized carbons (Fsp3) is 0.154. The van der Waals surface area contributed by atoms with Crippen molar-refractivity contribution in [2.45, 2.75) is 11.4 Å². The van der Waals surface area contributed by atoms with Crippen molar-refractivity contribution in [2.75, 3.05) is 11.6 Å². The van der Waals surface area contributed by atoms with Crippen molar-refractivity contribution in [1.82, 2.24) is 9.97 Å². The molecular formula is C13H12ClN3O3S. The average molecular weight is 326 g/mol. The van der Waals surface area contributed by atoms with Crippen LogP contribution in [0.3, 0.4) is 0 Å². The Labute approximate surface area is 127 Å². The SMILES string of the molecule is CS(=O)(=O)c1ccc(NC(=O)Cc2ccc(Cl)nc2)cn1. The highest BCUT2D eigenvalue weighted by Gasteiger charge is 2.09. The van der Waals surface area contributed by atoms with E-state index in [4.69, 9.17) is 11.6 Å². The van der Waals surface area contributed by atoms with Gasteiger partial charge in [-0.2, -0.15) is 0 Å². The summed E-state index contributed by atoms with van der Waals surface area (Å²) in [7, 11) is -3.35. The zero-order valence-corrected chi connectivity index (χ0v) is 12.6. The molecule has 8 heteroatoms. The molecule has 0 bridgehead atoms. The van der Waals surface area contributed by atoms with E-state index in [1.54, 1.807) is 12.1 Å². The van der Waals surface area contributed by atoms with E-state index in [-0.39, 0.29) is 17.4 Å². The molecule has 2 heterocycles. The van der Waals surface area contributed by atoms with Crippen LogP contribution in [0.15, 0.2) is 41.7 Å². The van der Waals surface area contributed by atoms with Crippen LogP contribution < -0.4 is 5.32 Å². The predicted molar refractivity (Wildman–Crippen MR) is 78.9 cm³/mol. The van der Waals surface area contributed by atoms with Gasteiger partial charge in [0, 0.05) is 12.5 Å². The number of halogens is 1. The molecule has 2 rings (SSSR count). The Morgan fingerprint density at radius 2 is 1.95 bits per heavy atom. The second kappa shape index (κ2) is 6.19. The lowest BCUT2D eigenvalue weighted by Crippen LogP contribution is -2.15. The van der Waals surface area contributed by atoms with Gasteiger partial charge in [0.05, 0.1) is 18.3 Å². The Morgan fingerprint density at radius 3 is 2.48 bits per heavy atom. The fourth-order valence-corrected chi connectivity index (χ4v) is 2.25. The van der Waals surface area contributed by atoms with Crippen molar-refractivity contribution in [2.24, 2.45) is 0 Å². The van der Waals surface area contributed by atoms with Gasteiger partial charge in [-0.1, -0.05) is 17.7 Å². The largest absolute Gasteiger partial charge is 0.324 e. The van der Waals surface area contributed by atoms with Gasteiger partial charge in [-0.15, -0.1) is 0 Å². The third kappa shape index (κ3) is 4.51. The van der Waals surface area contributed by atoms with Gasteiger partial charge in [0.2, 0.25) is 5.91 Å². The number of hydrogen-bond donors (Lipinski definition) is 1. The molecule has 6 nitrogen and oxygen atoms in total. The minimum atomic E-state index is -3.35. The van der Waals surface area contributed by atoms with Gasteiger partial charge in [0.25, 0.3) is 0 Å². The topological polar surface area (TPSA) is 89.0 Å². The highest BCUT2D eigenvalue weighted by atomic mass is 35.5. The Morgan fingerprint density at radius 1 is 1.19 bits per heavy atom. The van der Waals surface area contributed by atoms with Gasteiger partial charge < -0.3 is 5.32 Å². The Hall–Kier alpha value is -1.99. The maximum atomic E-state index is 11.8. The molecule has 0 aliphatic heterocycles. The standard InChI is InChI=1S/C13H12ClN3O3S/c1-21(19,20)13-5-3-10(8-16-13)17-12(18)6-9-2-4-11(14)15-7-9/h2-5,7-8H,6H2,1H3,(H,17,18). The number of carbonyl (C=O) groups is 1. The van der Waals surface area contributed by atoms with E-state index in [0.29, 0.717) is 10.8 Å². The molecule has 0 unspecified atom stereocenters. The number of hydrogen-bond acceptors (Lipinski definition) is 5. The third-order valence-electron chi connectivity index (χ3n) is 2.55. The lowest BCUT2D eigenvalue weighted by Gasteiger charge is -2.05. The van der Waals surface area contributed by atoms with E-state index in [2.05, 4.69) is 15.3 Å². The fourth-order valence-electron chi connectivity index (χ4n) is 1.58. The van der Waals surface area contributed by atoms with Gasteiger partial charge in [0.1, 0.15) is 5.15 Å². The summed E-state index contributed by atoms with van der Waals surface area (Å²) < 4.78 is 22.5. The molecule has 2 aromatic rings. The third-order valence-corrected chi connectivity index (χ3v) is 3.78. The molecule has 2 aromatic heterocycles. The van der Waals surface area contributed by atoms with Crippen molar-refractivity contribution in [3.8, 4) is 0 Å². The second-order valence-corrected chi connectivity index (χ2v) is 6.72. The van der Waals surface area contributed by atoms with Crippen LogP contribution in [0.2, 0.25) is 5.15 Å². The Bertz CT molecular complexity index is 743. The highest BCUT2D eigenvalue weighted by molar-refractivity contribution is 7.90. The number of carbonyl (C=O) groups excluding carboxylic acids is 1. The van der Waals surface area contributed by atoms with Crippen molar-refractivity contribution >= 4 is 33.0 Å². The van der Waals surface area contributed by atoms with Gasteiger partial charge in [-0.25, -0.2) is 18.4 Å². The van der Waals surface area contributed by atoms with Crippen molar-refractivity contribution in [3.63, 3.8) is 0 Å². The number of pyridine rings is 2. The summed E-state index contributed by atoms with van der Waals surface area (Å²) in [5.74, 6) is -0.256. The van der Waals surface area contributed by atoms with Crippen molar-refractivity contribution in [1.29, 1.82) is 0 Å². The highest BCUT2D eigenvalue weighted by Crippen LogP contribution is 2.11. The van der Waals surface area contributed by atoms with Crippen molar-refractivity contribution < 1.29 is 13.2 Å². The summed E-state index contributed by atoms with van der Waals surface area (Å²) in [6, 6.07) is 6.14. The Kier molecular flexibility index (Phi) is 4.54. The molecule has 0 aliphatic carbocycles. The van der Waals surface area contributed by atoms with E-state index in [1.165, 1.54) is 24.5 Å². The summed E-state index contributed by atoms with van der Waals surface area (Å²) in [6.45, 7) is 0. The first-order chi connectivity index (χ1) is 9.84. The maximum Gasteiger partial charge on any atom is 0.228 e. The number of rotatable bonds is 4. The molecule has 0 aromatic carbocycles. The molecule has 0 saturated heterocycles. The van der Waals surface area contributed by atoms with Crippen LogP contribution >= 0.6 is 11.6 Å². The molecule has 1 amide bonds. The zero-order valence-electron chi connectivity index (χ0n) is 11.1. The van der Waals surface area contributed by atoms with Gasteiger partial charge in [0.15, 0.2) is 14.9 Å². The van der Waals surface area contributed by atoms with Crippen LogP contribution in [-0.4, -0.2) is 30.5 Å².